The zero-order valence-electron chi connectivity index (χ0n) is 20.5. The number of benzene rings is 2. The SMILES string of the molecule is CN(C)CC(N)c1cc(F)cc(-c2nccc3[nH]c(-c4n[nH]c5ccc(-c6cccnc6)cc45)cc23)c1. The summed E-state index contributed by atoms with van der Waals surface area (Å²) in [6, 6.07) is 18.7. The Hall–Kier alpha value is -4.40. The Morgan fingerprint density at radius 1 is 0.892 bits per heavy atom. The minimum absolute atomic E-state index is 0.310. The molecule has 6 rings (SSSR count). The molecule has 0 aliphatic heterocycles. The number of H-pyrrole nitrogens is 2. The van der Waals surface area contributed by atoms with E-state index in [0.717, 1.165) is 49.9 Å². The number of nitrogens with two attached hydrogens (primary N) is 1. The van der Waals surface area contributed by atoms with Crippen LogP contribution in [0.5, 0.6) is 0 Å². The topological polar surface area (TPSA) is 99.5 Å². The number of halogens is 1. The number of aromatic nitrogens is 5. The summed E-state index contributed by atoms with van der Waals surface area (Å²) < 4.78 is 14.7. The maximum atomic E-state index is 14.7. The quantitative estimate of drug-likeness (QED) is 0.284. The molecule has 0 amide bonds. The van der Waals surface area contributed by atoms with Crippen LogP contribution in [0, 0.1) is 5.82 Å². The number of nitrogens with one attached hydrogen (secondary N) is 2. The second-order valence-electron chi connectivity index (χ2n) is 9.52. The average molecular weight is 492 g/mol. The van der Waals surface area contributed by atoms with Crippen LogP contribution < -0.4 is 5.73 Å². The molecule has 4 heterocycles. The molecule has 0 spiro atoms. The van der Waals surface area contributed by atoms with E-state index in [2.05, 4.69) is 37.3 Å². The van der Waals surface area contributed by atoms with Gasteiger partial charge < -0.3 is 15.6 Å². The first-order chi connectivity index (χ1) is 18.0. The number of aromatic amines is 2. The molecule has 4 aromatic heterocycles. The summed E-state index contributed by atoms with van der Waals surface area (Å²) in [7, 11) is 3.89. The highest BCUT2D eigenvalue weighted by atomic mass is 19.1. The average Bonchev–Trinajstić information content (AvgIpc) is 3.52. The van der Waals surface area contributed by atoms with Gasteiger partial charge >= 0.3 is 0 Å². The standard InChI is InChI=1S/C29H26FN7/c1-37(2)16-24(31)19-10-20(12-21(30)11-19)28-23-14-27(34-25(23)7-9-33-28)29-22-13-17(5-6-26(22)35-36-29)18-4-3-8-32-15-18/h3-15,24,34H,16,31H2,1-2H3,(H,35,36). The highest BCUT2D eigenvalue weighted by Gasteiger charge is 2.17. The molecule has 0 aliphatic rings. The number of fused-ring (bicyclic) bond motifs is 2. The predicted molar refractivity (Wildman–Crippen MR) is 145 cm³/mol. The summed E-state index contributed by atoms with van der Waals surface area (Å²) in [6.45, 7) is 0.613. The first-order valence-electron chi connectivity index (χ1n) is 12.0. The fourth-order valence-electron chi connectivity index (χ4n) is 4.81. The first-order valence-corrected chi connectivity index (χ1v) is 12.0. The van der Waals surface area contributed by atoms with Crippen molar-refractivity contribution in [1.29, 1.82) is 0 Å². The van der Waals surface area contributed by atoms with E-state index in [-0.39, 0.29) is 11.9 Å². The third-order valence-corrected chi connectivity index (χ3v) is 6.54. The zero-order chi connectivity index (χ0) is 25.5. The molecule has 8 heteroatoms. The number of hydrogen-bond donors (Lipinski definition) is 3. The Kier molecular flexibility index (Phi) is 5.75. The van der Waals surface area contributed by atoms with Crippen molar-refractivity contribution in [1.82, 2.24) is 30.0 Å². The lowest BCUT2D eigenvalue weighted by Crippen LogP contribution is -2.26. The number of nitrogens with zero attached hydrogens (tertiary/aromatic N) is 4. The van der Waals surface area contributed by atoms with Crippen molar-refractivity contribution >= 4 is 21.8 Å². The van der Waals surface area contributed by atoms with E-state index in [4.69, 9.17) is 5.73 Å². The third kappa shape index (κ3) is 4.37. The van der Waals surface area contributed by atoms with Crippen molar-refractivity contribution in [2.45, 2.75) is 6.04 Å². The Morgan fingerprint density at radius 3 is 2.57 bits per heavy atom. The smallest absolute Gasteiger partial charge is 0.124 e. The molecule has 37 heavy (non-hydrogen) atoms. The summed E-state index contributed by atoms with van der Waals surface area (Å²) in [5.74, 6) is -0.336. The number of pyridine rings is 2. The summed E-state index contributed by atoms with van der Waals surface area (Å²) in [4.78, 5) is 14.3. The van der Waals surface area contributed by atoms with Gasteiger partial charge in [-0.05, 0) is 73.8 Å². The second kappa shape index (κ2) is 9.24. The van der Waals surface area contributed by atoms with E-state index >= 15 is 0 Å². The molecule has 7 nitrogen and oxygen atoms in total. The van der Waals surface area contributed by atoms with Gasteiger partial charge in [-0.25, -0.2) is 4.39 Å². The molecule has 2 aromatic carbocycles. The van der Waals surface area contributed by atoms with Crippen LogP contribution in [-0.4, -0.2) is 50.7 Å². The molecule has 0 radical (unpaired) electrons. The van der Waals surface area contributed by atoms with Crippen LogP contribution in [0.15, 0.2) is 79.3 Å². The molecule has 6 aromatic rings. The van der Waals surface area contributed by atoms with Crippen LogP contribution in [0.1, 0.15) is 11.6 Å². The number of hydrogen-bond acceptors (Lipinski definition) is 5. The minimum atomic E-state index is -0.336. The zero-order valence-corrected chi connectivity index (χ0v) is 20.5. The van der Waals surface area contributed by atoms with E-state index < -0.39 is 0 Å². The molecule has 1 atom stereocenters. The van der Waals surface area contributed by atoms with E-state index in [9.17, 15) is 4.39 Å². The molecule has 184 valence electrons. The Labute approximate surface area is 213 Å². The summed E-state index contributed by atoms with van der Waals surface area (Å²) in [5, 5.41) is 9.61. The van der Waals surface area contributed by atoms with Gasteiger partial charge in [0.1, 0.15) is 11.5 Å². The highest BCUT2D eigenvalue weighted by Crippen LogP contribution is 2.35. The van der Waals surface area contributed by atoms with Gasteiger partial charge in [0.05, 0.1) is 16.9 Å². The molecule has 0 aliphatic carbocycles. The number of likely N-dealkylation sites (N-methyl/N-ethyl adjacent to an activating group) is 1. The fraction of sp³-hybridized carbons (Fsp3) is 0.138. The van der Waals surface area contributed by atoms with Crippen molar-refractivity contribution < 1.29 is 4.39 Å². The molecule has 0 saturated heterocycles. The van der Waals surface area contributed by atoms with E-state index in [0.29, 0.717) is 17.8 Å². The van der Waals surface area contributed by atoms with Crippen molar-refractivity contribution in [2.75, 3.05) is 20.6 Å². The first kappa shape index (κ1) is 23.0. The lowest BCUT2D eigenvalue weighted by Gasteiger charge is -2.18. The third-order valence-electron chi connectivity index (χ3n) is 6.54. The molecule has 0 saturated carbocycles. The van der Waals surface area contributed by atoms with Crippen molar-refractivity contribution in [3.63, 3.8) is 0 Å². The lowest BCUT2D eigenvalue weighted by molar-refractivity contribution is 0.376. The Morgan fingerprint density at radius 2 is 1.76 bits per heavy atom. The van der Waals surface area contributed by atoms with Gasteiger partial charge in [0.15, 0.2) is 0 Å². The molecule has 1 unspecified atom stereocenters. The van der Waals surface area contributed by atoms with Gasteiger partial charge in [0.2, 0.25) is 0 Å². The van der Waals surface area contributed by atoms with Gasteiger partial charge in [-0.1, -0.05) is 12.1 Å². The lowest BCUT2D eigenvalue weighted by atomic mass is 10.00. The molecule has 4 N–H and O–H groups in total. The van der Waals surface area contributed by atoms with Gasteiger partial charge in [0.25, 0.3) is 0 Å². The Balaban J connectivity index is 1.45. The molecule has 0 fully saturated rings. The molecular formula is C29H26FN7. The van der Waals surface area contributed by atoms with Crippen LogP contribution in [0.3, 0.4) is 0 Å². The van der Waals surface area contributed by atoms with E-state index in [1.54, 1.807) is 12.4 Å². The summed E-state index contributed by atoms with van der Waals surface area (Å²) >= 11 is 0. The second-order valence-corrected chi connectivity index (χ2v) is 9.52. The van der Waals surface area contributed by atoms with Gasteiger partial charge in [-0.2, -0.15) is 5.10 Å². The molecular weight excluding hydrogens is 465 g/mol. The van der Waals surface area contributed by atoms with Crippen molar-refractivity contribution in [2.24, 2.45) is 5.73 Å². The maximum Gasteiger partial charge on any atom is 0.124 e. The fourth-order valence-corrected chi connectivity index (χ4v) is 4.81. The van der Waals surface area contributed by atoms with Crippen LogP contribution in [0.25, 0.3) is 55.6 Å². The van der Waals surface area contributed by atoms with Crippen LogP contribution in [-0.2, 0) is 0 Å². The van der Waals surface area contributed by atoms with Gasteiger partial charge in [-0.15, -0.1) is 0 Å². The van der Waals surface area contributed by atoms with Gasteiger partial charge in [0, 0.05) is 58.6 Å². The molecule has 0 bridgehead atoms. The van der Waals surface area contributed by atoms with Crippen LogP contribution in [0.4, 0.5) is 4.39 Å². The van der Waals surface area contributed by atoms with Crippen LogP contribution >= 0.6 is 0 Å². The summed E-state index contributed by atoms with van der Waals surface area (Å²) in [6.07, 6.45) is 5.34. The van der Waals surface area contributed by atoms with Crippen molar-refractivity contribution in [3.05, 3.63) is 90.6 Å². The minimum Gasteiger partial charge on any atom is -0.353 e. The monoisotopic (exact) mass is 491 g/mol. The predicted octanol–water partition coefficient (Wildman–Crippen LogP) is 5.54. The van der Waals surface area contributed by atoms with Crippen LogP contribution in [0.2, 0.25) is 0 Å². The van der Waals surface area contributed by atoms with E-state index in [1.807, 2.05) is 61.6 Å². The maximum absolute atomic E-state index is 14.7. The number of rotatable bonds is 6. The van der Waals surface area contributed by atoms with E-state index in [1.165, 1.54) is 12.1 Å². The normalized spacial score (nSPS) is 12.6. The highest BCUT2D eigenvalue weighted by molar-refractivity contribution is 6.00. The van der Waals surface area contributed by atoms with Crippen molar-refractivity contribution in [3.8, 4) is 33.8 Å². The Bertz CT molecular complexity index is 1720. The van der Waals surface area contributed by atoms with Gasteiger partial charge in [-0.3, -0.25) is 15.1 Å². The largest absolute Gasteiger partial charge is 0.353 e. The summed E-state index contributed by atoms with van der Waals surface area (Å²) in [5.41, 5.74) is 14.0.